The van der Waals surface area contributed by atoms with E-state index in [-0.39, 0.29) is 11.9 Å². The van der Waals surface area contributed by atoms with Crippen molar-refractivity contribution in [2.75, 3.05) is 13.7 Å². The van der Waals surface area contributed by atoms with Gasteiger partial charge in [-0.1, -0.05) is 26.7 Å². The van der Waals surface area contributed by atoms with Gasteiger partial charge in [0.25, 0.3) is 0 Å². The van der Waals surface area contributed by atoms with E-state index in [1.54, 1.807) is 0 Å². The van der Waals surface area contributed by atoms with Crippen molar-refractivity contribution in [3.8, 4) is 0 Å². The standard InChI is InChI=1S/C12H26O3Si/c1-6-7-8-16(4,5)15-10-11(2)9-12(13)14-3/h11H,6-10H2,1-5H3. The number of carbonyl (C=O) groups is 1. The molecule has 16 heavy (non-hydrogen) atoms. The smallest absolute Gasteiger partial charge is 0.305 e. The zero-order valence-corrected chi connectivity index (χ0v) is 12.3. The van der Waals surface area contributed by atoms with Crippen molar-refractivity contribution in [1.29, 1.82) is 0 Å². The first-order valence-corrected chi connectivity index (χ1v) is 9.23. The third kappa shape index (κ3) is 7.88. The molecule has 0 saturated heterocycles. The molecule has 0 radical (unpaired) electrons. The Morgan fingerprint density at radius 1 is 1.38 bits per heavy atom. The van der Waals surface area contributed by atoms with E-state index in [9.17, 15) is 4.79 Å². The van der Waals surface area contributed by atoms with E-state index in [0.717, 1.165) is 0 Å². The van der Waals surface area contributed by atoms with Gasteiger partial charge in [0, 0.05) is 6.61 Å². The summed E-state index contributed by atoms with van der Waals surface area (Å²) in [5, 5.41) is 0. The maximum Gasteiger partial charge on any atom is 0.305 e. The van der Waals surface area contributed by atoms with Gasteiger partial charge in [0.1, 0.15) is 0 Å². The Labute approximate surface area is 101 Å². The van der Waals surface area contributed by atoms with Crippen molar-refractivity contribution < 1.29 is 14.0 Å². The highest BCUT2D eigenvalue weighted by atomic mass is 28.4. The van der Waals surface area contributed by atoms with Crippen LogP contribution in [-0.4, -0.2) is 28.0 Å². The summed E-state index contributed by atoms with van der Waals surface area (Å²) < 4.78 is 10.6. The van der Waals surface area contributed by atoms with Crippen molar-refractivity contribution in [2.24, 2.45) is 5.92 Å². The van der Waals surface area contributed by atoms with E-state index in [1.165, 1.54) is 26.0 Å². The Kier molecular flexibility index (Phi) is 7.67. The number of rotatable bonds is 8. The minimum atomic E-state index is -1.50. The summed E-state index contributed by atoms with van der Waals surface area (Å²) in [5.74, 6) is 0.102. The highest BCUT2D eigenvalue weighted by Crippen LogP contribution is 2.17. The lowest BCUT2D eigenvalue weighted by Crippen LogP contribution is -2.32. The first-order chi connectivity index (χ1) is 7.41. The summed E-state index contributed by atoms with van der Waals surface area (Å²) in [7, 11) is -0.0740. The minimum Gasteiger partial charge on any atom is -0.469 e. The average Bonchev–Trinajstić information content (AvgIpc) is 2.24. The molecular weight excluding hydrogens is 220 g/mol. The minimum absolute atomic E-state index is 0.149. The number of methoxy groups -OCH3 is 1. The molecule has 0 rings (SSSR count). The molecule has 96 valence electrons. The largest absolute Gasteiger partial charge is 0.469 e. The molecule has 0 aromatic rings. The van der Waals surface area contributed by atoms with E-state index in [1.807, 2.05) is 6.92 Å². The Morgan fingerprint density at radius 2 is 2.00 bits per heavy atom. The summed E-state index contributed by atoms with van der Waals surface area (Å²) >= 11 is 0. The second-order valence-corrected chi connectivity index (χ2v) is 9.37. The fourth-order valence-corrected chi connectivity index (χ4v) is 3.55. The molecule has 0 heterocycles. The second-order valence-electron chi connectivity index (χ2n) is 5.06. The van der Waals surface area contributed by atoms with Gasteiger partial charge in [0.2, 0.25) is 0 Å². The van der Waals surface area contributed by atoms with Gasteiger partial charge in [-0.3, -0.25) is 4.79 Å². The van der Waals surface area contributed by atoms with Gasteiger partial charge in [-0.25, -0.2) is 0 Å². The van der Waals surface area contributed by atoms with Gasteiger partial charge in [0.15, 0.2) is 8.32 Å². The highest BCUT2D eigenvalue weighted by molar-refractivity contribution is 6.71. The zero-order valence-electron chi connectivity index (χ0n) is 11.3. The summed E-state index contributed by atoms with van der Waals surface area (Å²) in [4.78, 5) is 11.1. The topological polar surface area (TPSA) is 35.5 Å². The third-order valence-electron chi connectivity index (χ3n) is 2.63. The number of carbonyl (C=O) groups excluding carboxylic acids is 1. The molecule has 3 nitrogen and oxygen atoms in total. The van der Waals surface area contributed by atoms with Crippen LogP contribution in [0.15, 0.2) is 0 Å². The van der Waals surface area contributed by atoms with Gasteiger partial charge in [-0.05, 0) is 25.1 Å². The van der Waals surface area contributed by atoms with Crippen LogP contribution in [0.1, 0.15) is 33.1 Å². The molecule has 0 aromatic carbocycles. The Bertz CT molecular complexity index is 204. The van der Waals surface area contributed by atoms with Crippen LogP contribution in [0.3, 0.4) is 0 Å². The molecule has 0 spiro atoms. The van der Waals surface area contributed by atoms with Crippen molar-refractivity contribution >= 4 is 14.3 Å². The molecule has 0 aliphatic heterocycles. The Hall–Kier alpha value is -0.353. The molecule has 0 aliphatic carbocycles. The molecule has 1 unspecified atom stereocenters. The van der Waals surface area contributed by atoms with Crippen LogP contribution in [0.2, 0.25) is 19.1 Å². The van der Waals surface area contributed by atoms with Crippen LogP contribution in [0.5, 0.6) is 0 Å². The molecular formula is C12H26O3Si. The molecule has 0 bridgehead atoms. The van der Waals surface area contributed by atoms with E-state index >= 15 is 0 Å². The fourth-order valence-electron chi connectivity index (χ4n) is 1.47. The molecule has 0 N–H and O–H groups in total. The summed E-state index contributed by atoms with van der Waals surface area (Å²) in [6.45, 7) is 9.39. The van der Waals surface area contributed by atoms with Gasteiger partial charge >= 0.3 is 5.97 Å². The van der Waals surface area contributed by atoms with Gasteiger partial charge < -0.3 is 9.16 Å². The first kappa shape index (κ1) is 15.6. The van der Waals surface area contributed by atoms with Gasteiger partial charge in [0.05, 0.1) is 13.5 Å². The lowest BCUT2D eigenvalue weighted by atomic mass is 10.1. The van der Waals surface area contributed by atoms with Gasteiger partial charge in [-0.2, -0.15) is 0 Å². The number of hydrogen-bond donors (Lipinski definition) is 0. The quantitative estimate of drug-likeness (QED) is 0.487. The van der Waals surface area contributed by atoms with Crippen molar-refractivity contribution in [3.63, 3.8) is 0 Å². The van der Waals surface area contributed by atoms with Crippen LogP contribution < -0.4 is 0 Å². The molecule has 1 atom stereocenters. The number of hydrogen-bond acceptors (Lipinski definition) is 3. The molecule has 4 heteroatoms. The van der Waals surface area contributed by atoms with E-state index in [2.05, 4.69) is 24.8 Å². The number of unbranched alkanes of at least 4 members (excludes halogenated alkanes) is 1. The predicted molar refractivity (Wildman–Crippen MR) is 68.9 cm³/mol. The van der Waals surface area contributed by atoms with Crippen molar-refractivity contribution in [2.45, 2.75) is 52.2 Å². The molecule has 0 amide bonds. The monoisotopic (exact) mass is 246 g/mol. The fraction of sp³-hybridized carbons (Fsp3) is 0.917. The number of esters is 1. The van der Waals surface area contributed by atoms with E-state index in [0.29, 0.717) is 13.0 Å². The number of ether oxygens (including phenoxy) is 1. The second kappa shape index (κ2) is 7.85. The zero-order chi connectivity index (χ0) is 12.6. The lowest BCUT2D eigenvalue weighted by Gasteiger charge is -2.24. The van der Waals surface area contributed by atoms with Crippen molar-refractivity contribution in [1.82, 2.24) is 0 Å². The highest BCUT2D eigenvalue weighted by Gasteiger charge is 2.22. The van der Waals surface area contributed by atoms with Crippen molar-refractivity contribution in [3.05, 3.63) is 0 Å². The molecule has 0 aliphatic rings. The van der Waals surface area contributed by atoms with Crippen LogP contribution in [-0.2, 0) is 14.0 Å². The summed E-state index contributed by atoms with van der Waals surface area (Å²) in [5.41, 5.74) is 0. The maximum absolute atomic E-state index is 11.1. The van der Waals surface area contributed by atoms with E-state index < -0.39 is 8.32 Å². The predicted octanol–water partition coefficient (Wildman–Crippen LogP) is 3.21. The SMILES string of the molecule is CCCC[Si](C)(C)OCC(C)CC(=O)OC. The lowest BCUT2D eigenvalue weighted by molar-refractivity contribution is -0.141. The third-order valence-corrected chi connectivity index (χ3v) is 5.14. The molecule has 0 fully saturated rings. The Morgan fingerprint density at radius 3 is 2.50 bits per heavy atom. The average molecular weight is 246 g/mol. The summed E-state index contributed by atoms with van der Waals surface area (Å²) in [6, 6.07) is 1.20. The summed E-state index contributed by atoms with van der Waals surface area (Å²) in [6.07, 6.45) is 2.91. The van der Waals surface area contributed by atoms with Crippen LogP contribution in [0.4, 0.5) is 0 Å². The normalized spacial score (nSPS) is 13.6. The van der Waals surface area contributed by atoms with Crippen LogP contribution in [0.25, 0.3) is 0 Å². The molecule has 0 saturated carbocycles. The first-order valence-electron chi connectivity index (χ1n) is 6.12. The van der Waals surface area contributed by atoms with Crippen LogP contribution >= 0.6 is 0 Å². The maximum atomic E-state index is 11.1. The molecule has 0 aromatic heterocycles. The van der Waals surface area contributed by atoms with Gasteiger partial charge in [-0.15, -0.1) is 0 Å². The van der Waals surface area contributed by atoms with E-state index in [4.69, 9.17) is 4.43 Å². The Balaban J connectivity index is 3.80. The van der Waals surface area contributed by atoms with Crippen LogP contribution in [0, 0.1) is 5.92 Å².